The molecule has 112 heavy (non-hydrogen) atoms. The molecular weight excluding hydrogens is 1360 g/mol. The number of pyridine rings is 2. The minimum absolute atomic E-state index is 0.631. The van der Waals surface area contributed by atoms with Gasteiger partial charge in [0.2, 0.25) is 0 Å². The van der Waals surface area contributed by atoms with Crippen LogP contribution >= 0.6 is 0 Å². The molecular formula is C104H68N8. The summed E-state index contributed by atoms with van der Waals surface area (Å²) in [5.74, 6) is 3.82. The molecule has 0 aliphatic rings. The van der Waals surface area contributed by atoms with Gasteiger partial charge in [-0.2, -0.15) is 0 Å². The molecule has 4 aromatic heterocycles. The third-order valence-corrected chi connectivity index (χ3v) is 20.8. The first-order chi connectivity index (χ1) is 55.4. The summed E-state index contributed by atoms with van der Waals surface area (Å²) in [5, 5.41) is 8.32. The molecule has 0 saturated carbocycles. The van der Waals surface area contributed by atoms with Crippen LogP contribution in [0.2, 0.25) is 0 Å². The lowest BCUT2D eigenvalue weighted by Crippen LogP contribution is -2.00. The van der Waals surface area contributed by atoms with Crippen LogP contribution in [0.15, 0.2) is 413 Å². The smallest absolute Gasteiger partial charge is 0.164 e. The molecule has 0 aliphatic carbocycles. The third-order valence-electron chi connectivity index (χ3n) is 20.8. The van der Waals surface area contributed by atoms with Gasteiger partial charge in [0, 0.05) is 68.1 Å². The second-order valence-corrected chi connectivity index (χ2v) is 27.9. The molecule has 0 N–H and O–H groups in total. The minimum atomic E-state index is 0.631. The average Bonchev–Trinajstić information content (AvgIpc) is 0.781. The van der Waals surface area contributed by atoms with Crippen LogP contribution in [-0.2, 0) is 0 Å². The van der Waals surface area contributed by atoms with Crippen molar-refractivity contribution in [2.24, 2.45) is 0 Å². The van der Waals surface area contributed by atoms with Gasteiger partial charge in [-0.05, 0) is 159 Å². The summed E-state index contributed by atoms with van der Waals surface area (Å²) in [6.45, 7) is 0. The van der Waals surface area contributed by atoms with Crippen LogP contribution in [0.1, 0.15) is 0 Å². The Morgan fingerprint density at radius 3 is 0.920 bits per heavy atom. The molecule has 524 valence electrons. The number of benzene rings is 16. The Kier molecular flexibility index (Phi) is 18.2. The van der Waals surface area contributed by atoms with Crippen molar-refractivity contribution >= 4 is 43.2 Å². The number of rotatable bonds is 14. The molecule has 0 aliphatic heterocycles. The van der Waals surface area contributed by atoms with E-state index in [0.717, 1.165) is 94.4 Å². The van der Waals surface area contributed by atoms with Crippen molar-refractivity contribution < 1.29 is 0 Å². The van der Waals surface area contributed by atoms with Crippen LogP contribution in [0.4, 0.5) is 0 Å². The highest BCUT2D eigenvalue weighted by Gasteiger charge is 2.18. The van der Waals surface area contributed by atoms with E-state index in [9.17, 15) is 0 Å². The lowest BCUT2D eigenvalue weighted by atomic mass is 9.93. The fourth-order valence-electron chi connectivity index (χ4n) is 15.0. The molecule has 16 aromatic carbocycles. The number of hydrogen-bond acceptors (Lipinski definition) is 8. The summed E-state index contributed by atoms with van der Waals surface area (Å²) in [4.78, 5) is 39.0. The molecule has 0 saturated heterocycles. The second-order valence-electron chi connectivity index (χ2n) is 27.9. The molecule has 0 fully saturated rings. The number of hydrogen-bond donors (Lipinski definition) is 0. The van der Waals surface area contributed by atoms with Gasteiger partial charge in [-0.25, -0.2) is 29.9 Å². The topological polar surface area (TPSA) is 103 Å². The molecule has 4 heterocycles. The Hall–Kier alpha value is -15.1. The SMILES string of the molecule is c1ccc(-c2ccc(-c3nc(-c4ccccc4)nc(-c4cccc(-c5ccc(-c6ccc(-c7cc8cccnc8c8ccccc78)cc6)cc5)c4)n3)cc2)cc1.c1ccc(-c2ccc(-c3nc(-c4ccccc4)nc(-c4cccc(-c5cccc(-c6cccc(-c7ccc8c(ccc9ccncc98)c7)c6)c5)c4)n3)cc2)cc1. The fraction of sp³-hybridized carbons (Fsp3) is 0. The van der Waals surface area contributed by atoms with Gasteiger partial charge in [-0.1, -0.05) is 346 Å². The summed E-state index contributed by atoms with van der Waals surface area (Å²) in [5.41, 5.74) is 25.1. The lowest BCUT2D eigenvalue weighted by Gasteiger charge is -2.12. The van der Waals surface area contributed by atoms with E-state index in [1.54, 1.807) is 0 Å². The van der Waals surface area contributed by atoms with E-state index in [-0.39, 0.29) is 0 Å². The van der Waals surface area contributed by atoms with Gasteiger partial charge in [0.15, 0.2) is 34.9 Å². The van der Waals surface area contributed by atoms with Crippen LogP contribution in [0, 0.1) is 0 Å². The summed E-state index contributed by atoms with van der Waals surface area (Å²) in [6, 6.07) is 138. The molecule has 0 amide bonds. The van der Waals surface area contributed by atoms with E-state index in [4.69, 9.17) is 29.9 Å². The first-order valence-corrected chi connectivity index (χ1v) is 37.6. The Bertz CT molecular complexity index is 6820. The first kappa shape index (κ1) is 67.5. The number of nitrogens with zero attached hydrogens (tertiary/aromatic N) is 8. The molecule has 8 nitrogen and oxygen atoms in total. The van der Waals surface area contributed by atoms with Gasteiger partial charge in [0.05, 0.1) is 5.52 Å². The van der Waals surface area contributed by atoms with E-state index in [1.807, 2.05) is 97.5 Å². The standard InChI is InChI=1S/2C52H34N4/c1-3-10-35(11-4-1)36-20-23-39(24-21-36)51-54-50(38-12-5-2-6-13-38)55-52(56-51)47-19-9-18-44(33-47)42-16-7-14-40(30-42)41-15-8-17-43(31-41)45-26-27-48-46(32-45)25-22-37-28-29-53-34-49(37)48;1-3-11-35(12-4-1)36-26-30-42(31-27-36)51-54-50(41-13-5-2-6-14-41)55-52(56-51)45-16-9-15-43(33-45)39-22-20-37(21-23-39)38-24-28-40(29-25-38)48-34-44-17-10-32-53-49(44)47-19-8-7-18-46(47)48/h2*1-34H. The van der Waals surface area contributed by atoms with E-state index >= 15 is 0 Å². The Morgan fingerprint density at radius 2 is 0.464 bits per heavy atom. The maximum absolute atomic E-state index is 5.05. The zero-order chi connectivity index (χ0) is 74.5. The normalized spacial score (nSPS) is 11.2. The first-order valence-electron chi connectivity index (χ1n) is 37.6. The Morgan fingerprint density at radius 1 is 0.152 bits per heavy atom. The van der Waals surface area contributed by atoms with Gasteiger partial charge in [0.25, 0.3) is 0 Å². The van der Waals surface area contributed by atoms with E-state index in [0.29, 0.717) is 34.9 Å². The van der Waals surface area contributed by atoms with Crippen molar-refractivity contribution in [2.45, 2.75) is 0 Å². The molecule has 20 aromatic rings. The third kappa shape index (κ3) is 14.1. The van der Waals surface area contributed by atoms with Gasteiger partial charge in [0.1, 0.15) is 0 Å². The summed E-state index contributed by atoms with van der Waals surface area (Å²) >= 11 is 0. The molecule has 0 spiro atoms. The van der Waals surface area contributed by atoms with E-state index < -0.39 is 0 Å². The van der Waals surface area contributed by atoms with Crippen molar-refractivity contribution in [3.05, 3.63) is 413 Å². The minimum Gasteiger partial charge on any atom is -0.264 e. The highest BCUT2D eigenvalue weighted by Crippen LogP contribution is 2.39. The predicted molar refractivity (Wildman–Crippen MR) is 461 cm³/mol. The maximum atomic E-state index is 5.05. The highest BCUT2D eigenvalue weighted by atomic mass is 15.0. The van der Waals surface area contributed by atoms with Gasteiger partial charge in [-0.15, -0.1) is 0 Å². The summed E-state index contributed by atoms with van der Waals surface area (Å²) < 4.78 is 0. The molecule has 8 heteroatoms. The lowest BCUT2D eigenvalue weighted by molar-refractivity contribution is 1.07. The Balaban J connectivity index is 0.000000151. The van der Waals surface area contributed by atoms with Crippen LogP contribution < -0.4 is 0 Å². The highest BCUT2D eigenvalue weighted by molar-refractivity contribution is 6.12. The largest absolute Gasteiger partial charge is 0.264 e. The van der Waals surface area contributed by atoms with E-state index in [1.165, 1.54) is 71.3 Å². The van der Waals surface area contributed by atoms with Crippen molar-refractivity contribution in [3.63, 3.8) is 0 Å². The van der Waals surface area contributed by atoms with Crippen LogP contribution in [-0.4, -0.2) is 39.9 Å². The predicted octanol–water partition coefficient (Wildman–Crippen LogP) is 26.5. The number of aromatic nitrogens is 8. The maximum Gasteiger partial charge on any atom is 0.164 e. The molecule has 0 bridgehead atoms. The van der Waals surface area contributed by atoms with Crippen molar-refractivity contribution in [1.82, 2.24) is 39.9 Å². The van der Waals surface area contributed by atoms with Crippen LogP contribution in [0.25, 0.3) is 201 Å². The van der Waals surface area contributed by atoms with E-state index in [2.05, 4.69) is 325 Å². The Labute approximate surface area is 649 Å². The number of fused-ring (bicyclic) bond motifs is 6. The molecule has 0 atom stereocenters. The summed E-state index contributed by atoms with van der Waals surface area (Å²) in [7, 11) is 0. The van der Waals surface area contributed by atoms with Crippen LogP contribution in [0.3, 0.4) is 0 Å². The average molecular weight is 1430 g/mol. The summed E-state index contributed by atoms with van der Waals surface area (Å²) in [6.07, 6.45) is 5.67. The van der Waals surface area contributed by atoms with Crippen molar-refractivity contribution in [3.8, 4) is 157 Å². The van der Waals surface area contributed by atoms with Crippen LogP contribution in [0.5, 0.6) is 0 Å². The zero-order valence-corrected chi connectivity index (χ0v) is 60.8. The molecule has 20 rings (SSSR count). The van der Waals surface area contributed by atoms with Crippen molar-refractivity contribution in [1.29, 1.82) is 0 Å². The second kappa shape index (κ2) is 30.3. The van der Waals surface area contributed by atoms with Gasteiger partial charge in [-0.3, -0.25) is 9.97 Å². The quantitative estimate of drug-likeness (QED) is 0.0992. The van der Waals surface area contributed by atoms with Crippen molar-refractivity contribution in [2.75, 3.05) is 0 Å². The van der Waals surface area contributed by atoms with Gasteiger partial charge >= 0.3 is 0 Å². The zero-order valence-electron chi connectivity index (χ0n) is 60.8. The van der Waals surface area contributed by atoms with Gasteiger partial charge < -0.3 is 0 Å². The monoisotopic (exact) mass is 1430 g/mol. The fourth-order valence-corrected chi connectivity index (χ4v) is 15.0. The molecule has 0 unspecified atom stereocenters. The molecule has 0 radical (unpaired) electrons.